The highest BCUT2D eigenvalue weighted by molar-refractivity contribution is 7.99. The lowest BCUT2D eigenvalue weighted by Crippen LogP contribution is -2.32. The maximum absolute atomic E-state index is 9.72. The molecule has 0 aromatic carbocycles. The number of aliphatic hydroxyl groups excluding tert-OH is 1. The summed E-state index contributed by atoms with van der Waals surface area (Å²) in [6.07, 6.45) is 2.54. The van der Waals surface area contributed by atoms with Crippen LogP contribution in [-0.4, -0.2) is 34.7 Å². The molecule has 0 radical (unpaired) electrons. The SMILES string of the molecule is C[C@H](O)c1cccnc1N(C)C1CCSC1. The molecule has 0 saturated carbocycles. The number of aromatic nitrogens is 1. The lowest BCUT2D eigenvalue weighted by Gasteiger charge is -2.27. The van der Waals surface area contributed by atoms with E-state index in [4.69, 9.17) is 0 Å². The van der Waals surface area contributed by atoms with Crippen molar-refractivity contribution in [2.75, 3.05) is 23.5 Å². The van der Waals surface area contributed by atoms with E-state index in [-0.39, 0.29) is 0 Å². The second-order valence-corrected chi connectivity index (χ2v) is 5.37. The van der Waals surface area contributed by atoms with Crippen molar-refractivity contribution in [1.82, 2.24) is 4.98 Å². The van der Waals surface area contributed by atoms with Crippen LogP contribution >= 0.6 is 11.8 Å². The standard InChI is InChI=1S/C12H18N2OS/c1-9(15)11-4-3-6-13-12(11)14(2)10-5-7-16-8-10/h3-4,6,9-10,15H,5,7-8H2,1-2H3/t9-,10?/m0/s1. The number of hydrogen-bond donors (Lipinski definition) is 1. The lowest BCUT2D eigenvalue weighted by atomic mass is 10.1. The van der Waals surface area contributed by atoms with Gasteiger partial charge in [0.1, 0.15) is 5.82 Å². The van der Waals surface area contributed by atoms with Gasteiger partial charge in [-0.2, -0.15) is 11.8 Å². The highest BCUT2D eigenvalue weighted by Gasteiger charge is 2.23. The summed E-state index contributed by atoms with van der Waals surface area (Å²) in [5.41, 5.74) is 0.918. The quantitative estimate of drug-likeness (QED) is 0.874. The Kier molecular flexibility index (Phi) is 3.71. The monoisotopic (exact) mass is 238 g/mol. The maximum Gasteiger partial charge on any atom is 0.134 e. The molecule has 1 aromatic rings. The molecule has 2 rings (SSSR count). The third-order valence-corrected chi connectivity index (χ3v) is 4.20. The predicted octanol–water partition coefficient (Wildman–Crippen LogP) is 2.08. The number of anilines is 1. The van der Waals surface area contributed by atoms with Gasteiger partial charge in [0.2, 0.25) is 0 Å². The van der Waals surface area contributed by atoms with Crippen LogP contribution < -0.4 is 4.90 Å². The van der Waals surface area contributed by atoms with Gasteiger partial charge in [0.15, 0.2) is 0 Å². The van der Waals surface area contributed by atoms with Crippen molar-refractivity contribution in [3.05, 3.63) is 23.9 Å². The van der Waals surface area contributed by atoms with Crippen LogP contribution in [0.5, 0.6) is 0 Å². The average molecular weight is 238 g/mol. The van der Waals surface area contributed by atoms with Crippen LogP contribution in [0.25, 0.3) is 0 Å². The first kappa shape index (κ1) is 11.7. The molecule has 0 amide bonds. The highest BCUT2D eigenvalue weighted by Crippen LogP contribution is 2.29. The highest BCUT2D eigenvalue weighted by atomic mass is 32.2. The van der Waals surface area contributed by atoms with E-state index in [1.54, 1.807) is 13.1 Å². The summed E-state index contributed by atoms with van der Waals surface area (Å²) >= 11 is 1.99. The van der Waals surface area contributed by atoms with Crippen LogP contribution in [0.1, 0.15) is 25.0 Å². The summed E-state index contributed by atoms with van der Waals surface area (Å²) < 4.78 is 0. The molecule has 1 saturated heterocycles. The van der Waals surface area contributed by atoms with Crippen LogP contribution in [0.2, 0.25) is 0 Å². The topological polar surface area (TPSA) is 36.4 Å². The smallest absolute Gasteiger partial charge is 0.134 e. The Hall–Kier alpha value is -0.740. The third-order valence-electron chi connectivity index (χ3n) is 3.05. The van der Waals surface area contributed by atoms with Gasteiger partial charge < -0.3 is 10.0 Å². The molecule has 2 atom stereocenters. The average Bonchev–Trinajstić information content (AvgIpc) is 2.81. The predicted molar refractivity (Wildman–Crippen MR) is 69.0 cm³/mol. The summed E-state index contributed by atoms with van der Waals surface area (Å²) in [6, 6.07) is 4.38. The molecule has 1 N–H and O–H groups in total. The van der Waals surface area contributed by atoms with Crippen LogP contribution in [0.15, 0.2) is 18.3 Å². The molecular weight excluding hydrogens is 220 g/mol. The van der Waals surface area contributed by atoms with Crippen molar-refractivity contribution in [2.45, 2.75) is 25.5 Å². The Morgan fingerprint density at radius 3 is 3.06 bits per heavy atom. The normalized spacial score (nSPS) is 22.1. The van der Waals surface area contributed by atoms with E-state index in [0.29, 0.717) is 6.04 Å². The van der Waals surface area contributed by atoms with Crippen molar-refractivity contribution < 1.29 is 5.11 Å². The molecule has 0 bridgehead atoms. The van der Waals surface area contributed by atoms with Crippen molar-refractivity contribution in [2.24, 2.45) is 0 Å². The minimum absolute atomic E-state index is 0.458. The Morgan fingerprint density at radius 1 is 1.62 bits per heavy atom. The van der Waals surface area contributed by atoms with E-state index in [0.717, 1.165) is 17.1 Å². The molecule has 0 spiro atoms. The van der Waals surface area contributed by atoms with E-state index in [1.807, 2.05) is 23.9 Å². The number of hydrogen-bond acceptors (Lipinski definition) is 4. The van der Waals surface area contributed by atoms with Crippen LogP contribution in [0.4, 0.5) is 5.82 Å². The van der Waals surface area contributed by atoms with Gasteiger partial charge in [0.05, 0.1) is 6.10 Å². The van der Waals surface area contributed by atoms with Crippen LogP contribution in [0, 0.1) is 0 Å². The Morgan fingerprint density at radius 2 is 2.44 bits per heavy atom. The summed E-state index contributed by atoms with van der Waals surface area (Å²) in [4.78, 5) is 6.61. The molecule has 4 heteroatoms. The van der Waals surface area contributed by atoms with Crippen LogP contribution in [-0.2, 0) is 0 Å². The van der Waals surface area contributed by atoms with Crippen molar-refractivity contribution >= 4 is 17.6 Å². The summed E-state index contributed by atoms with van der Waals surface area (Å²) in [5, 5.41) is 9.72. The fourth-order valence-electron chi connectivity index (χ4n) is 2.03. The lowest BCUT2D eigenvalue weighted by molar-refractivity contribution is 0.199. The van der Waals surface area contributed by atoms with Gasteiger partial charge in [-0.1, -0.05) is 6.07 Å². The Labute approximate surface area is 101 Å². The molecule has 0 aliphatic carbocycles. The van der Waals surface area contributed by atoms with E-state index < -0.39 is 6.10 Å². The van der Waals surface area contributed by atoms with E-state index in [2.05, 4.69) is 16.9 Å². The molecule has 88 valence electrons. The number of aliphatic hydroxyl groups is 1. The maximum atomic E-state index is 9.72. The minimum Gasteiger partial charge on any atom is -0.389 e. The Balaban J connectivity index is 2.24. The largest absolute Gasteiger partial charge is 0.389 e. The molecule has 16 heavy (non-hydrogen) atoms. The number of rotatable bonds is 3. The molecule has 1 unspecified atom stereocenters. The second-order valence-electron chi connectivity index (χ2n) is 4.22. The van der Waals surface area contributed by atoms with Gasteiger partial charge in [0, 0.05) is 30.6 Å². The summed E-state index contributed by atoms with van der Waals surface area (Å²) in [7, 11) is 2.07. The van der Waals surface area contributed by atoms with Gasteiger partial charge in [0.25, 0.3) is 0 Å². The fraction of sp³-hybridized carbons (Fsp3) is 0.583. The second kappa shape index (κ2) is 5.06. The molecule has 1 aliphatic rings. The number of thioether (sulfide) groups is 1. The van der Waals surface area contributed by atoms with E-state index >= 15 is 0 Å². The fourth-order valence-corrected chi connectivity index (χ4v) is 3.30. The molecule has 3 nitrogen and oxygen atoms in total. The third kappa shape index (κ3) is 2.33. The van der Waals surface area contributed by atoms with Gasteiger partial charge >= 0.3 is 0 Å². The van der Waals surface area contributed by atoms with Crippen LogP contribution in [0.3, 0.4) is 0 Å². The zero-order valence-corrected chi connectivity index (χ0v) is 10.6. The van der Waals surface area contributed by atoms with E-state index in [1.165, 1.54) is 12.2 Å². The number of nitrogens with zero attached hydrogens (tertiary/aromatic N) is 2. The molecule has 1 fully saturated rings. The zero-order chi connectivity index (χ0) is 11.5. The molecular formula is C12H18N2OS. The summed E-state index contributed by atoms with van der Waals surface area (Å²) in [6.45, 7) is 1.79. The zero-order valence-electron chi connectivity index (χ0n) is 9.76. The molecule has 1 aliphatic heterocycles. The van der Waals surface area contributed by atoms with Crippen molar-refractivity contribution in [1.29, 1.82) is 0 Å². The first-order valence-electron chi connectivity index (χ1n) is 5.63. The van der Waals surface area contributed by atoms with Gasteiger partial charge in [-0.05, 0) is 25.2 Å². The van der Waals surface area contributed by atoms with Crippen molar-refractivity contribution in [3.63, 3.8) is 0 Å². The Bertz CT molecular complexity index is 351. The van der Waals surface area contributed by atoms with Gasteiger partial charge in [-0.15, -0.1) is 0 Å². The molecule has 1 aromatic heterocycles. The number of pyridine rings is 1. The molecule has 2 heterocycles. The summed E-state index contributed by atoms with van der Waals surface area (Å²) in [5.74, 6) is 3.31. The first-order valence-corrected chi connectivity index (χ1v) is 6.79. The van der Waals surface area contributed by atoms with E-state index in [9.17, 15) is 5.11 Å². The first-order chi connectivity index (χ1) is 7.70. The van der Waals surface area contributed by atoms with Gasteiger partial charge in [-0.25, -0.2) is 4.98 Å². The van der Waals surface area contributed by atoms with Gasteiger partial charge in [-0.3, -0.25) is 0 Å². The van der Waals surface area contributed by atoms with Crippen molar-refractivity contribution in [3.8, 4) is 0 Å². The minimum atomic E-state index is -0.458.